The van der Waals surface area contributed by atoms with E-state index in [4.69, 9.17) is 9.97 Å². The fraction of sp³-hybridized carbons (Fsp3) is 0.182. The monoisotopic (exact) mass is 791 g/mol. The lowest BCUT2D eigenvalue weighted by Crippen LogP contribution is -2.59. The maximum Gasteiger partial charge on any atom is 0.251 e. The second-order valence-corrected chi connectivity index (χ2v) is 17.8. The highest BCUT2D eigenvalue weighted by Crippen LogP contribution is 2.55. The third kappa shape index (κ3) is 6.37. The third-order valence-electron chi connectivity index (χ3n) is 13.8. The number of aromatic nitrogens is 4. The summed E-state index contributed by atoms with van der Waals surface area (Å²) in [5.74, 6) is 2.34. The summed E-state index contributed by atoms with van der Waals surface area (Å²) in [7, 11) is 0. The van der Waals surface area contributed by atoms with Gasteiger partial charge in [0.05, 0.1) is 22.8 Å². The smallest absolute Gasteiger partial charge is 0.251 e. The van der Waals surface area contributed by atoms with Crippen molar-refractivity contribution in [1.29, 1.82) is 0 Å². The molecule has 6 aliphatic rings. The molecular formula is C55H45N5O. The molecule has 5 heterocycles. The van der Waals surface area contributed by atoms with E-state index in [1.807, 2.05) is 30.3 Å². The van der Waals surface area contributed by atoms with Crippen LogP contribution in [-0.2, 0) is 0 Å². The first-order chi connectivity index (χ1) is 30.0. The largest absolute Gasteiger partial charge is 0.354 e. The van der Waals surface area contributed by atoms with Crippen molar-refractivity contribution in [3.05, 3.63) is 168 Å². The fourth-order valence-electron chi connectivity index (χ4n) is 11.6. The maximum atomic E-state index is 14.0. The van der Waals surface area contributed by atoms with Gasteiger partial charge >= 0.3 is 0 Å². The Morgan fingerprint density at radius 1 is 0.443 bits per heavy atom. The van der Waals surface area contributed by atoms with Crippen LogP contribution >= 0.6 is 0 Å². The van der Waals surface area contributed by atoms with Crippen molar-refractivity contribution in [2.24, 2.45) is 17.8 Å². The number of hydrogen-bond donors (Lipinski definition) is 3. The van der Waals surface area contributed by atoms with Gasteiger partial charge in [-0.05, 0) is 139 Å². The van der Waals surface area contributed by atoms with Crippen molar-refractivity contribution in [1.82, 2.24) is 25.3 Å². The number of nitrogens with zero attached hydrogens (tertiary/aromatic N) is 2. The minimum atomic E-state index is -0.0448. The summed E-state index contributed by atoms with van der Waals surface area (Å²) in [6.45, 7) is 0. The zero-order valence-electron chi connectivity index (χ0n) is 33.9. The molecule has 4 aromatic carbocycles. The van der Waals surface area contributed by atoms with E-state index in [0.717, 1.165) is 126 Å². The van der Waals surface area contributed by atoms with E-state index in [0.29, 0.717) is 5.56 Å². The standard InChI is InChI=1S/C55H45N5O/c61-54(60-55-31-34-28-35(32-55)30-36(29-34)33-55)41-18-16-40(17-19-41)53-48-26-24-46(58-48)51(38-12-6-2-7-13-38)44-22-20-42(56-44)50(37-10-4-1-5-11-37)43-21-23-45(57-43)52(39-14-8-3-9-15-39)47-25-27-49(53)59-47/h1-27,34-36,56,59H,28-33H2,(H,60,61). The molecule has 0 atom stereocenters. The second-order valence-electron chi connectivity index (χ2n) is 17.8. The molecule has 3 aromatic heterocycles. The number of H-pyrrole nitrogens is 2. The Bertz CT molecular complexity index is 3010. The molecule has 0 spiro atoms. The number of nitrogens with one attached hydrogen (secondary N) is 3. The summed E-state index contributed by atoms with van der Waals surface area (Å²) in [5.41, 5.74) is 16.1. The van der Waals surface area contributed by atoms with E-state index >= 15 is 0 Å². The van der Waals surface area contributed by atoms with Gasteiger partial charge < -0.3 is 15.3 Å². The van der Waals surface area contributed by atoms with Gasteiger partial charge in [-0.3, -0.25) is 4.79 Å². The molecule has 0 radical (unpaired) electrons. The molecular weight excluding hydrogens is 747 g/mol. The van der Waals surface area contributed by atoms with Crippen LogP contribution in [0.4, 0.5) is 0 Å². The zero-order valence-corrected chi connectivity index (χ0v) is 33.9. The highest BCUT2D eigenvalue weighted by molar-refractivity contribution is 6.00. The Labute approximate surface area is 355 Å². The van der Waals surface area contributed by atoms with Crippen LogP contribution < -0.4 is 5.32 Å². The van der Waals surface area contributed by atoms with E-state index in [2.05, 4.69) is 149 Å². The van der Waals surface area contributed by atoms with E-state index in [-0.39, 0.29) is 11.4 Å². The zero-order chi connectivity index (χ0) is 40.5. The summed E-state index contributed by atoms with van der Waals surface area (Å²) in [5, 5.41) is 3.58. The lowest BCUT2D eigenvalue weighted by atomic mass is 9.53. The van der Waals surface area contributed by atoms with Gasteiger partial charge in [-0.25, -0.2) is 9.97 Å². The Morgan fingerprint density at radius 3 is 1.11 bits per heavy atom. The molecule has 6 nitrogen and oxygen atoms in total. The number of rotatable bonds is 6. The predicted molar refractivity (Wildman–Crippen MR) is 249 cm³/mol. The van der Waals surface area contributed by atoms with Crippen LogP contribution in [0.3, 0.4) is 0 Å². The number of hydrogen-bond acceptors (Lipinski definition) is 3. The van der Waals surface area contributed by atoms with Gasteiger partial charge in [-0.2, -0.15) is 0 Å². The van der Waals surface area contributed by atoms with Gasteiger partial charge in [0.2, 0.25) is 0 Å². The first kappa shape index (κ1) is 35.9. The highest BCUT2D eigenvalue weighted by Gasteiger charge is 2.51. The molecule has 61 heavy (non-hydrogen) atoms. The molecule has 6 heteroatoms. The average molecular weight is 792 g/mol. The summed E-state index contributed by atoms with van der Waals surface area (Å²) < 4.78 is 0. The summed E-state index contributed by atoms with van der Waals surface area (Å²) >= 11 is 0. The van der Waals surface area contributed by atoms with Crippen LogP contribution in [0.25, 0.3) is 90.9 Å². The summed E-state index contributed by atoms with van der Waals surface area (Å²) in [6.07, 6.45) is 15.9. The Morgan fingerprint density at radius 2 is 0.770 bits per heavy atom. The molecule has 7 aromatic rings. The van der Waals surface area contributed by atoms with Gasteiger partial charge in [0.15, 0.2) is 0 Å². The molecule has 1 amide bonds. The van der Waals surface area contributed by atoms with E-state index in [9.17, 15) is 4.79 Å². The molecule has 3 N–H and O–H groups in total. The van der Waals surface area contributed by atoms with Crippen LogP contribution in [0.2, 0.25) is 0 Å². The quantitative estimate of drug-likeness (QED) is 0.157. The van der Waals surface area contributed by atoms with E-state index in [1.165, 1.54) is 19.3 Å². The van der Waals surface area contributed by atoms with Crippen molar-refractivity contribution in [3.8, 4) is 44.5 Å². The van der Waals surface area contributed by atoms with Crippen LogP contribution in [0.5, 0.6) is 0 Å². The summed E-state index contributed by atoms with van der Waals surface area (Å²) in [6, 6.07) is 48.3. The minimum Gasteiger partial charge on any atom is -0.354 e. The summed E-state index contributed by atoms with van der Waals surface area (Å²) in [4.78, 5) is 32.5. The number of carbonyl (C=O) groups is 1. The van der Waals surface area contributed by atoms with Crippen LogP contribution in [0, 0.1) is 17.8 Å². The number of amides is 1. The van der Waals surface area contributed by atoms with E-state index in [1.54, 1.807) is 0 Å². The van der Waals surface area contributed by atoms with Crippen molar-refractivity contribution in [2.75, 3.05) is 0 Å². The first-order valence-corrected chi connectivity index (χ1v) is 21.8. The fourth-order valence-corrected chi connectivity index (χ4v) is 11.6. The normalized spacial score (nSPS) is 20.9. The molecule has 4 fully saturated rings. The predicted octanol–water partition coefficient (Wildman–Crippen LogP) is 13.0. The lowest BCUT2D eigenvalue weighted by molar-refractivity contribution is -0.0167. The Kier molecular flexibility index (Phi) is 8.41. The SMILES string of the molecule is O=C(NC12CC3CC(CC(C3)C1)C2)c1ccc(-c2c3nc(c(-c4ccccc4)c4ccc([nH]4)c(-c4ccccc4)c4nc(c(-c5ccccc5)c5ccc2[nH]5)C=C4)C=C3)cc1. The van der Waals surface area contributed by atoms with Gasteiger partial charge in [0, 0.05) is 55.4 Å². The molecule has 4 aliphatic carbocycles. The number of benzene rings is 4. The lowest BCUT2D eigenvalue weighted by Gasteiger charge is -2.56. The van der Waals surface area contributed by atoms with Gasteiger partial charge in [-0.15, -0.1) is 0 Å². The number of carbonyl (C=O) groups excluding carboxylic acids is 1. The van der Waals surface area contributed by atoms with Crippen LogP contribution in [-0.4, -0.2) is 31.4 Å². The van der Waals surface area contributed by atoms with Crippen LogP contribution in [0.15, 0.2) is 140 Å². The molecule has 12 bridgehead atoms. The topological polar surface area (TPSA) is 86.5 Å². The Balaban J connectivity index is 1.08. The molecule has 4 saturated carbocycles. The number of fused-ring (bicyclic) bond motifs is 8. The van der Waals surface area contributed by atoms with Gasteiger partial charge in [0.1, 0.15) is 0 Å². The van der Waals surface area contributed by atoms with Gasteiger partial charge in [-0.1, -0.05) is 103 Å². The van der Waals surface area contributed by atoms with Crippen molar-refractivity contribution >= 4 is 52.3 Å². The second kappa shape index (κ2) is 14.3. The van der Waals surface area contributed by atoms with Crippen molar-refractivity contribution in [3.63, 3.8) is 0 Å². The first-order valence-electron chi connectivity index (χ1n) is 21.8. The molecule has 296 valence electrons. The average Bonchev–Trinajstić information content (AvgIpc) is 4.13. The number of aromatic amines is 2. The maximum absolute atomic E-state index is 14.0. The molecule has 0 unspecified atom stereocenters. The van der Waals surface area contributed by atoms with Gasteiger partial charge in [0.25, 0.3) is 5.91 Å². The minimum absolute atomic E-state index is 0.0381. The van der Waals surface area contributed by atoms with Crippen molar-refractivity contribution in [2.45, 2.75) is 44.1 Å². The molecule has 13 rings (SSSR count). The molecule has 2 aliphatic heterocycles. The highest BCUT2D eigenvalue weighted by atomic mass is 16.1. The Hall–Kier alpha value is -7.05. The van der Waals surface area contributed by atoms with E-state index < -0.39 is 0 Å². The van der Waals surface area contributed by atoms with Crippen LogP contribution in [0.1, 0.15) is 71.7 Å². The van der Waals surface area contributed by atoms with Crippen molar-refractivity contribution < 1.29 is 4.79 Å². The third-order valence-corrected chi connectivity index (χ3v) is 13.8. The molecule has 0 saturated heterocycles.